The molecule has 1 saturated heterocycles. The van der Waals surface area contributed by atoms with E-state index in [2.05, 4.69) is 9.97 Å². The number of halogens is 7. The fraction of sp³-hybridized carbons (Fsp3) is 0.381. The Morgan fingerprint density at radius 2 is 1.94 bits per heavy atom. The monoisotopic (exact) mass is 490 g/mol. The molecule has 1 aliphatic rings. The van der Waals surface area contributed by atoms with Gasteiger partial charge in [-0.1, -0.05) is 18.2 Å². The summed E-state index contributed by atoms with van der Waals surface area (Å²) < 4.78 is 98.9. The van der Waals surface area contributed by atoms with Crippen molar-refractivity contribution in [2.75, 3.05) is 26.3 Å². The lowest BCUT2D eigenvalue weighted by molar-refractivity contribution is -0.147. The van der Waals surface area contributed by atoms with E-state index in [9.17, 15) is 35.5 Å². The third-order valence-corrected chi connectivity index (χ3v) is 5.17. The van der Waals surface area contributed by atoms with Crippen LogP contribution in [0.3, 0.4) is 0 Å². The predicted octanol–water partition coefficient (Wildman–Crippen LogP) is 4.49. The van der Waals surface area contributed by atoms with Crippen LogP contribution < -0.4 is 0 Å². The molecule has 0 radical (unpaired) electrons. The fourth-order valence-electron chi connectivity index (χ4n) is 3.73. The molecule has 6 nitrogen and oxygen atoms in total. The molecule has 1 fully saturated rings. The summed E-state index contributed by atoms with van der Waals surface area (Å²) in [6, 6.07) is 6.70. The van der Waals surface area contributed by atoms with Gasteiger partial charge >= 0.3 is 6.18 Å². The third-order valence-electron chi connectivity index (χ3n) is 5.17. The van der Waals surface area contributed by atoms with Crippen LogP contribution in [0.2, 0.25) is 0 Å². The largest absolute Gasteiger partial charge is 0.449 e. The Kier molecular flexibility index (Phi) is 6.23. The van der Waals surface area contributed by atoms with Crippen molar-refractivity contribution in [2.24, 2.45) is 0 Å². The van der Waals surface area contributed by atoms with Crippen LogP contribution in [0.4, 0.5) is 30.7 Å². The highest BCUT2D eigenvalue weighted by molar-refractivity contribution is 5.95. The van der Waals surface area contributed by atoms with Crippen molar-refractivity contribution in [3.8, 4) is 11.1 Å². The molecule has 34 heavy (non-hydrogen) atoms. The lowest BCUT2D eigenvalue weighted by Crippen LogP contribution is -2.41. The third kappa shape index (κ3) is 4.83. The number of pyridine rings is 1. The van der Waals surface area contributed by atoms with Gasteiger partial charge in [0.15, 0.2) is 0 Å². The zero-order chi connectivity index (χ0) is 24.7. The van der Waals surface area contributed by atoms with Crippen LogP contribution in [0.5, 0.6) is 0 Å². The summed E-state index contributed by atoms with van der Waals surface area (Å²) in [5.41, 5.74) is -0.00936. The topological polar surface area (TPSA) is 60.2 Å². The summed E-state index contributed by atoms with van der Waals surface area (Å²) in [7, 11) is 0. The van der Waals surface area contributed by atoms with Gasteiger partial charge in [-0.15, -0.1) is 0 Å². The fourth-order valence-corrected chi connectivity index (χ4v) is 3.73. The lowest BCUT2D eigenvalue weighted by atomic mass is 10.1. The Morgan fingerprint density at radius 1 is 1.18 bits per heavy atom. The van der Waals surface area contributed by atoms with E-state index in [1.54, 1.807) is 0 Å². The van der Waals surface area contributed by atoms with Gasteiger partial charge in [0.1, 0.15) is 12.3 Å². The van der Waals surface area contributed by atoms with E-state index in [4.69, 9.17) is 4.74 Å². The first-order valence-corrected chi connectivity index (χ1v) is 10.0. The first kappa shape index (κ1) is 23.9. The SMILES string of the molecule is O=C(c1ccc(-c2cccc3c2nc(C(F)(F)F)n3CC(F)F)cn1)N1CCOCC(F)(F)C1. The molecule has 182 valence electrons. The van der Waals surface area contributed by atoms with Crippen LogP contribution in [0, 0.1) is 0 Å². The van der Waals surface area contributed by atoms with Crippen LogP contribution >= 0.6 is 0 Å². The number of amides is 1. The number of imidazole rings is 1. The highest BCUT2D eigenvalue weighted by Crippen LogP contribution is 2.35. The molecular weight excluding hydrogens is 473 g/mol. The molecule has 0 saturated carbocycles. The molecule has 13 heteroatoms. The van der Waals surface area contributed by atoms with Crippen LogP contribution in [-0.2, 0) is 17.5 Å². The zero-order valence-electron chi connectivity index (χ0n) is 17.3. The standard InChI is InChI=1S/C21H17F7N4O2/c22-16(23)9-32-15-3-1-2-13(17(15)30-19(32)21(26,27)28)12-4-5-14(29-8-12)18(33)31-6-7-34-11-20(24,25)10-31/h1-5,8,16H,6-7,9-11H2. The molecule has 3 heterocycles. The highest BCUT2D eigenvalue weighted by atomic mass is 19.4. The van der Waals surface area contributed by atoms with E-state index >= 15 is 0 Å². The van der Waals surface area contributed by atoms with E-state index in [0.717, 1.165) is 4.90 Å². The van der Waals surface area contributed by atoms with Crippen molar-refractivity contribution in [1.82, 2.24) is 19.4 Å². The Hall–Kier alpha value is -3.22. The smallest absolute Gasteiger partial charge is 0.373 e. The van der Waals surface area contributed by atoms with Crippen LogP contribution in [0.15, 0.2) is 36.5 Å². The number of carbonyl (C=O) groups excluding carboxylic acids is 1. The van der Waals surface area contributed by atoms with Gasteiger partial charge in [0.25, 0.3) is 18.3 Å². The second kappa shape index (κ2) is 8.85. The summed E-state index contributed by atoms with van der Waals surface area (Å²) in [6.07, 6.45) is -6.81. The summed E-state index contributed by atoms with van der Waals surface area (Å²) >= 11 is 0. The maximum absolute atomic E-state index is 13.7. The molecule has 1 aromatic carbocycles. The zero-order valence-corrected chi connectivity index (χ0v) is 17.3. The minimum atomic E-state index is -4.96. The van der Waals surface area contributed by atoms with Crippen LogP contribution in [-0.4, -0.2) is 64.0 Å². The van der Waals surface area contributed by atoms with Gasteiger partial charge in [0.2, 0.25) is 5.82 Å². The number of alkyl halides is 7. The number of ether oxygens (including phenoxy) is 1. The average molecular weight is 490 g/mol. The van der Waals surface area contributed by atoms with Crippen molar-refractivity contribution in [3.05, 3.63) is 48.0 Å². The number of carbonyl (C=O) groups is 1. The summed E-state index contributed by atoms with van der Waals surface area (Å²) in [6.45, 7) is -2.95. The Bertz CT molecular complexity index is 1190. The van der Waals surface area contributed by atoms with Gasteiger partial charge in [-0.05, 0) is 12.1 Å². The molecule has 0 aliphatic carbocycles. The number of benzene rings is 1. The molecule has 2 aromatic heterocycles. The van der Waals surface area contributed by atoms with Crippen molar-refractivity contribution in [3.63, 3.8) is 0 Å². The normalized spacial score (nSPS) is 16.8. The van der Waals surface area contributed by atoms with E-state index in [0.29, 0.717) is 4.57 Å². The molecule has 1 aliphatic heterocycles. The molecule has 0 unspecified atom stereocenters. The Balaban J connectivity index is 1.69. The number of rotatable bonds is 4. The van der Waals surface area contributed by atoms with Crippen molar-refractivity contribution < 1.29 is 40.3 Å². The van der Waals surface area contributed by atoms with Gasteiger partial charge in [0.05, 0.1) is 30.7 Å². The summed E-state index contributed by atoms with van der Waals surface area (Å²) in [4.78, 5) is 21.1. The van der Waals surface area contributed by atoms with E-state index in [1.807, 2.05) is 0 Å². The molecule has 4 rings (SSSR count). The number of hydrogen-bond acceptors (Lipinski definition) is 4. The van der Waals surface area contributed by atoms with Gasteiger partial charge in [-0.3, -0.25) is 9.78 Å². The molecule has 1 amide bonds. The van der Waals surface area contributed by atoms with Crippen molar-refractivity contribution in [1.29, 1.82) is 0 Å². The minimum Gasteiger partial charge on any atom is -0.373 e. The molecule has 0 bridgehead atoms. The van der Waals surface area contributed by atoms with Gasteiger partial charge in [-0.25, -0.2) is 22.5 Å². The first-order valence-electron chi connectivity index (χ1n) is 10.0. The number of fused-ring (bicyclic) bond motifs is 1. The van der Waals surface area contributed by atoms with Gasteiger partial charge in [-0.2, -0.15) is 13.2 Å². The Morgan fingerprint density at radius 3 is 2.59 bits per heavy atom. The van der Waals surface area contributed by atoms with Gasteiger partial charge < -0.3 is 14.2 Å². The second-order valence-corrected chi connectivity index (χ2v) is 7.68. The maximum Gasteiger partial charge on any atom is 0.449 e. The van der Waals surface area contributed by atoms with Gasteiger partial charge in [0, 0.05) is 23.9 Å². The minimum absolute atomic E-state index is 0.0566. The van der Waals surface area contributed by atoms with Crippen molar-refractivity contribution >= 4 is 16.9 Å². The molecule has 0 N–H and O–H groups in total. The van der Waals surface area contributed by atoms with E-state index < -0.39 is 50.0 Å². The van der Waals surface area contributed by atoms with Crippen LogP contribution in [0.1, 0.15) is 16.3 Å². The van der Waals surface area contributed by atoms with E-state index in [1.165, 1.54) is 36.5 Å². The highest BCUT2D eigenvalue weighted by Gasteiger charge is 2.39. The summed E-state index contributed by atoms with van der Waals surface area (Å²) in [5.74, 6) is -5.43. The number of hydrogen-bond donors (Lipinski definition) is 0. The quantitative estimate of drug-likeness (QED) is 0.506. The number of nitrogens with zero attached hydrogens (tertiary/aromatic N) is 4. The Labute approximate surface area is 188 Å². The van der Waals surface area contributed by atoms with E-state index in [-0.39, 0.29) is 41.0 Å². The van der Waals surface area contributed by atoms with Crippen LogP contribution in [0.25, 0.3) is 22.2 Å². The average Bonchev–Trinajstić information content (AvgIpc) is 3.03. The molecule has 0 spiro atoms. The van der Waals surface area contributed by atoms with Crippen molar-refractivity contribution in [2.45, 2.75) is 25.1 Å². The predicted molar refractivity (Wildman–Crippen MR) is 106 cm³/mol. The second-order valence-electron chi connectivity index (χ2n) is 7.68. The molecule has 0 atom stereocenters. The maximum atomic E-state index is 13.7. The molecule has 3 aromatic rings. The molecular formula is C21H17F7N4O2. The first-order chi connectivity index (χ1) is 16.0. The number of para-hydroxylation sites is 1. The number of aromatic nitrogens is 3. The lowest BCUT2D eigenvalue weighted by Gasteiger charge is -2.22. The summed E-state index contributed by atoms with van der Waals surface area (Å²) in [5, 5.41) is 0.